The van der Waals surface area contributed by atoms with E-state index in [-0.39, 0.29) is 12.0 Å². The number of rotatable bonds is 5. The van der Waals surface area contributed by atoms with Crippen LogP contribution in [0, 0.1) is 0 Å². The summed E-state index contributed by atoms with van der Waals surface area (Å²) in [6.07, 6.45) is -3.10. The molecule has 1 atom stereocenters. The fourth-order valence-corrected chi connectivity index (χ4v) is 1.33. The van der Waals surface area contributed by atoms with Crippen molar-refractivity contribution in [1.82, 2.24) is 0 Å². The number of alkyl halides is 3. The molecule has 5 heteroatoms. The van der Waals surface area contributed by atoms with E-state index in [1.54, 1.807) is 6.07 Å². The largest absolute Gasteiger partial charge is 0.478 e. The van der Waals surface area contributed by atoms with Crippen molar-refractivity contribution >= 4 is 5.97 Å². The van der Waals surface area contributed by atoms with Crippen LogP contribution in [0.5, 0.6) is 0 Å². The van der Waals surface area contributed by atoms with Crippen LogP contribution in [0.15, 0.2) is 36.4 Å². The highest BCUT2D eigenvalue weighted by Crippen LogP contribution is 2.11. The highest BCUT2D eigenvalue weighted by Gasteiger charge is 2.08. The van der Waals surface area contributed by atoms with Crippen molar-refractivity contribution in [3.05, 3.63) is 47.5 Å². The number of carboxylic acids is 1. The molecule has 0 aromatic heterocycles. The van der Waals surface area contributed by atoms with Gasteiger partial charge >= 0.3 is 5.97 Å². The van der Waals surface area contributed by atoms with Gasteiger partial charge in [0.2, 0.25) is 0 Å². The summed E-state index contributed by atoms with van der Waals surface area (Å²) < 4.78 is 36.8. The van der Waals surface area contributed by atoms with Gasteiger partial charge in [0, 0.05) is 6.42 Å². The molecule has 0 radical (unpaired) electrons. The Hall–Kier alpha value is -1.78. The Kier molecular flexibility index (Phi) is 4.75. The lowest BCUT2D eigenvalue weighted by molar-refractivity contribution is 0.0696. The Balaban J connectivity index is 2.68. The fourth-order valence-electron chi connectivity index (χ4n) is 1.33. The molecule has 0 aliphatic rings. The minimum atomic E-state index is -2.68. The highest BCUT2D eigenvalue weighted by atomic mass is 19.3. The van der Waals surface area contributed by atoms with E-state index in [1.165, 1.54) is 18.2 Å². The first-order chi connectivity index (χ1) is 7.99. The van der Waals surface area contributed by atoms with E-state index in [1.807, 2.05) is 0 Å². The van der Waals surface area contributed by atoms with Crippen LogP contribution in [0.3, 0.4) is 0 Å². The van der Waals surface area contributed by atoms with Gasteiger partial charge in [-0.25, -0.2) is 18.0 Å². The average molecular weight is 244 g/mol. The number of allylic oxidation sites excluding steroid dienone is 2. The Morgan fingerprint density at radius 1 is 1.29 bits per heavy atom. The molecular formula is C12H11F3O2. The van der Waals surface area contributed by atoms with Gasteiger partial charge in [-0.1, -0.05) is 12.1 Å². The molecule has 2 nitrogen and oxygen atoms in total. The standard InChI is InChI=1S/C12H11F3O2/c13-10(4-5-11(14)15)7-8-2-1-3-9(6-8)12(16)17/h1-6,10-11H,7H2,(H,16,17). The second kappa shape index (κ2) is 6.08. The van der Waals surface area contributed by atoms with Gasteiger partial charge in [0.05, 0.1) is 5.56 Å². The van der Waals surface area contributed by atoms with Gasteiger partial charge in [-0.2, -0.15) is 0 Å². The molecule has 0 amide bonds. The van der Waals surface area contributed by atoms with Crippen LogP contribution >= 0.6 is 0 Å². The first kappa shape index (κ1) is 13.3. The smallest absolute Gasteiger partial charge is 0.335 e. The van der Waals surface area contributed by atoms with Crippen molar-refractivity contribution in [3.8, 4) is 0 Å². The molecule has 0 aliphatic heterocycles. The van der Waals surface area contributed by atoms with Crippen LogP contribution in [0.1, 0.15) is 15.9 Å². The molecular weight excluding hydrogens is 233 g/mol. The molecule has 17 heavy (non-hydrogen) atoms. The summed E-state index contributed by atoms with van der Waals surface area (Å²) in [5.41, 5.74) is 0.504. The van der Waals surface area contributed by atoms with Gasteiger partial charge < -0.3 is 5.11 Å². The number of aromatic carboxylic acids is 1. The predicted octanol–water partition coefficient (Wildman–Crippen LogP) is 3.09. The quantitative estimate of drug-likeness (QED) is 0.808. The maximum atomic E-state index is 13.2. The lowest BCUT2D eigenvalue weighted by Crippen LogP contribution is -2.03. The van der Waals surface area contributed by atoms with E-state index in [4.69, 9.17) is 5.11 Å². The summed E-state index contributed by atoms with van der Waals surface area (Å²) >= 11 is 0. The minimum Gasteiger partial charge on any atom is -0.478 e. The van der Waals surface area contributed by atoms with Crippen molar-refractivity contribution in [2.45, 2.75) is 19.0 Å². The topological polar surface area (TPSA) is 37.3 Å². The Morgan fingerprint density at radius 3 is 2.59 bits per heavy atom. The van der Waals surface area contributed by atoms with Crippen molar-refractivity contribution in [3.63, 3.8) is 0 Å². The molecule has 0 fully saturated rings. The number of halogens is 3. The third-order valence-corrected chi connectivity index (χ3v) is 2.07. The zero-order valence-electron chi connectivity index (χ0n) is 8.82. The number of hydrogen-bond acceptors (Lipinski definition) is 1. The number of benzene rings is 1. The zero-order chi connectivity index (χ0) is 12.8. The Labute approximate surface area is 96.4 Å². The highest BCUT2D eigenvalue weighted by molar-refractivity contribution is 5.87. The zero-order valence-corrected chi connectivity index (χ0v) is 8.82. The van der Waals surface area contributed by atoms with Gasteiger partial charge in [-0.15, -0.1) is 0 Å². The molecule has 0 spiro atoms. The molecule has 1 N–H and O–H groups in total. The Morgan fingerprint density at radius 2 is 2.00 bits per heavy atom. The van der Waals surface area contributed by atoms with Crippen LogP contribution in [-0.2, 0) is 6.42 Å². The molecule has 0 heterocycles. The van der Waals surface area contributed by atoms with E-state index in [2.05, 4.69) is 0 Å². The monoisotopic (exact) mass is 244 g/mol. The van der Waals surface area contributed by atoms with Crippen molar-refractivity contribution in [2.75, 3.05) is 0 Å². The molecule has 1 unspecified atom stereocenters. The molecule has 0 saturated carbocycles. The normalized spacial score (nSPS) is 13.2. The van der Waals surface area contributed by atoms with E-state index < -0.39 is 18.6 Å². The van der Waals surface area contributed by atoms with Crippen molar-refractivity contribution in [1.29, 1.82) is 0 Å². The SMILES string of the molecule is O=C(O)c1cccc(CC(F)C=CC(F)F)c1. The first-order valence-corrected chi connectivity index (χ1v) is 4.92. The fraction of sp³-hybridized carbons (Fsp3) is 0.250. The van der Waals surface area contributed by atoms with E-state index in [9.17, 15) is 18.0 Å². The molecule has 0 saturated heterocycles. The van der Waals surface area contributed by atoms with Gasteiger partial charge in [-0.3, -0.25) is 0 Å². The van der Waals surface area contributed by atoms with Crippen LogP contribution in [0.4, 0.5) is 13.2 Å². The maximum Gasteiger partial charge on any atom is 0.335 e. The maximum absolute atomic E-state index is 13.2. The van der Waals surface area contributed by atoms with Crippen molar-refractivity contribution < 1.29 is 23.1 Å². The van der Waals surface area contributed by atoms with E-state index >= 15 is 0 Å². The third kappa shape index (κ3) is 4.72. The molecule has 0 bridgehead atoms. The lowest BCUT2D eigenvalue weighted by Gasteiger charge is -2.04. The van der Waals surface area contributed by atoms with Gasteiger partial charge in [-0.05, 0) is 29.8 Å². The van der Waals surface area contributed by atoms with E-state index in [0.29, 0.717) is 11.6 Å². The van der Waals surface area contributed by atoms with Gasteiger partial charge in [0.25, 0.3) is 6.43 Å². The summed E-state index contributed by atoms with van der Waals surface area (Å²) in [6.45, 7) is 0. The third-order valence-electron chi connectivity index (χ3n) is 2.07. The molecule has 92 valence electrons. The summed E-state index contributed by atoms with van der Waals surface area (Å²) in [7, 11) is 0. The van der Waals surface area contributed by atoms with Crippen LogP contribution in [-0.4, -0.2) is 23.7 Å². The minimum absolute atomic E-state index is 0.0486. The number of hydrogen-bond donors (Lipinski definition) is 1. The predicted molar refractivity (Wildman–Crippen MR) is 57.1 cm³/mol. The summed E-state index contributed by atoms with van der Waals surface area (Å²) in [4.78, 5) is 10.6. The van der Waals surface area contributed by atoms with E-state index in [0.717, 1.165) is 6.08 Å². The molecule has 0 aliphatic carbocycles. The Bertz CT molecular complexity index is 416. The van der Waals surface area contributed by atoms with Crippen molar-refractivity contribution in [2.24, 2.45) is 0 Å². The van der Waals surface area contributed by atoms with Crippen LogP contribution < -0.4 is 0 Å². The second-order valence-electron chi connectivity index (χ2n) is 3.45. The summed E-state index contributed by atoms with van der Waals surface area (Å²) in [5.74, 6) is -1.11. The lowest BCUT2D eigenvalue weighted by atomic mass is 10.1. The number of carboxylic acid groups (broad SMARTS) is 1. The molecule has 1 aromatic carbocycles. The number of carbonyl (C=O) groups is 1. The van der Waals surface area contributed by atoms with Gasteiger partial charge in [0.15, 0.2) is 0 Å². The molecule has 1 rings (SSSR count). The summed E-state index contributed by atoms with van der Waals surface area (Å²) in [5, 5.41) is 8.71. The average Bonchev–Trinajstić information content (AvgIpc) is 2.26. The van der Waals surface area contributed by atoms with Crippen LogP contribution in [0.25, 0.3) is 0 Å². The van der Waals surface area contributed by atoms with Gasteiger partial charge in [0.1, 0.15) is 6.17 Å². The first-order valence-electron chi connectivity index (χ1n) is 4.92. The second-order valence-corrected chi connectivity index (χ2v) is 3.45. The summed E-state index contributed by atoms with van der Waals surface area (Å²) in [6, 6.07) is 5.75. The van der Waals surface area contributed by atoms with Crippen LogP contribution in [0.2, 0.25) is 0 Å². The molecule has 1 aromatic rings.